The van der Waals surface area contributed by atoms with Crippen LogP contribution in [0, 0.1) is 6.92 Å². The standard InChI is InChI=1S/C12H9ClN4/c1-7-2-3-8(9(13)4-7)11-16-10-5-14-6-15-12(10)17-11/h2-6H,1H3,(H,14,15,16,17). The largest absolute Gasteiger partial charge is 0.335 e. The molecule has 0 aliphatic carbocycles. The van der Waals surface area contributed by atoms with Crippen LogP contribution in [0.2, 0.25) is 5.02 Å². The normalized spacial score (nSPS) is 10.9. The quantitative estimate of drug-likeness (QED) is 0.716. The molecule has 0 aliphatic rings. The van der Waals surface area contributed by atoms with Crippen LogP contribution < -0.4 is 0 Å². The molecule has 0 aliphatic heterocycles. The van der Waals surface area contributed by atoms with Crippen molar-refractivity contribution in [3.63, 3.8) is 0 Å². The summed E-state index contributed by atoms with van der Waals surface area (Å²) in [7, 11) is 0. The molecule has 17 heavy (non-hydrogen) atoms. The molecule has 84 valence electrons. The van der Waals surface area contributed by atoms with Crippen LogP contribution in [0.5, 0.6) is 0 Å². The zero-order valence-corrected chi connectivity index (χ0v) is 9.86. The minimum absolute atomic E-state index is 0.645. The SMILES string of the molecule is Cc1ccc(-c2nc3ncncc3[nH]2)c(Cl)c1. The maximum Gasteiger partial charge on any atom is 0.181 e. The number of fused-ring (bicyclic) bond motifs is 1. The highest BCUT2D eigenvalue weighted by Crippen LogP contribution is 2.27. The van der Waals surface area contributed by atoms with Gasteiger partial charge in [0.25, 0.3) is 0 Å². The summed E-state index contributed by atoms with van der Waals surface area (Å²) in [6.45, 7) is 2.00. The van der Waals surface area contributed by atoms with E-state index in [1.165, 1.54) is 6.33 Å². The summed E-state index contributed by atoms with van der Waals surface area (Å²) in [6.07, 6.45) is 3.17. The molecule has 1 aromatic carbocycles. The first-order chi connectivity index (χ1) is 8.24. The van der Waals surface area contributed by atoms with Gasteiger partial charge in [0.2, 0.25) is 0 Å². The fourth-order valence-corrected chi connectivity index (χ4v) is 2.03. The molecule has 0 amide bonds. The lowest BCUT2D eigenvalue weighted by Crippen LogP contribution is -1.83. The van der Waals surface area contributed by atoms with Crippen molar-refractivity contribution in [1.82, 2.24) is 19.9 Å². The summed E-state index contributed by atoms with van der Waals surface area (Å²) < 4.78 is 0. The van der Waals surface area contributed by atoms with E-state index in [9.17, 15) is 0 Å². The average Bonchev–Trinajstić information content (AvgIpc) is 2.72. The number of aryl methyl sites for hydroxylation is 1. The Morgan fingerprint density at radius 2 is 2.18 bits per heavy atom. The van der Waals surface area contributed by atoms with Gasteiger partial charge >= 0.3 is 0 Å². The van der Waals surface area contributed by atoms with E-state index < -0.39 is 0 Å². The third-order valence-electron chi connectivity index (χ3n) is 2.54. The molecule has 0 saturated carbocycles. The molecule has 4 nitrogen and oxygen atoms in total. The Morgan fingerprint density at radius 3 is 2.94 bits per heavy atom. The highest BCUT2D eigenvalue weighted by atomic mass is 35.5. The number of halogens is 1. The number of benzene rings is 1. The highest BCUT2D eigenvalue weighted by molar-refractivity contribution is 6.33. The van der Waals surface area contributed by atoms with Gasteiger partial charge < -0.3 is 4.98 Å². The van der Waals surface area contributed by atoms with Gasteiger partial charge in [0.15, 0.2) is 5.65 Å². The van der Waals surface area contributed by atoms with Crippen molar-refractivity contribution >= 4 is 22.8 Å². The van der Waals surface area contributed by atoms with Gasteiger partial charge in [-0.15, -0.1) is 0 Å². The molecule has 2 aromatic heterocycles. The molecule has 0 radical (unpaired) electrons. The van der Waals surface area contributed by atoms with Crippen molar-refractivity contribution < 1.29 is 0 Å². The molecular weight excluding hydrogens is 236 g/mol. The third kappa shape index (κ3) is 1.76. The Balaban J connectivity index is 2.20. The number of imidazole rings is 1. The minimum Gasteiger partial charge on any atom is -0.335 e. The molecule has 0 fully saturated rings. The van der Waals surface area contributed by atoms with Gasteiger partial charge in [-0.3, -0.25) is 0 Å². The molecule has 3 rings (SSSR count). The van der Waals surface area contributed by atoms with E-state index in [2.05, 4.69) is 19.9 Å². The Bertz CT molecular complexity index is 657. The van der Waals surface area contributed by atoms with E-state index in [1.807, 2.05) is 25.1 Å². The number of nitrogens with zero attached hydrogens (tertiary/aromatic N) is 3. The minimum atomic E-state index is 0.645. The van der Waals surface area contributed by atoms with Crippen LogP contribution in [-0.2, 0) is 0 Å². The zero-order valence-electron chi connectivity index (χ0n) is 9.11. The smallest absolute Gasteiger partial charge is 0.181 e. The first-order valence-corrected chi connectivity index (χ1v) is 5.54. The fourth-order valence-electron chi connectivity index (χ4n) is 1.70. The lowest BCUT2D eigenvalue weighted by atomic mass is 10.1. The van der Waals surface area contributed by atoms with Gasteiger partial charge in [-0.2, -0.15) is 0 Å². The third-order valence-corrected chi connectivity index (χ3v) is 2.85. The van der Waals surface area contributed by atoms with Gasteiger partial charge in [-0.25, -0.2) is 15.0 Å². The Labute approximate surface area is 103 Å². The van der Waals surface area contributed by atoms with Crippen LogP contribution in [0.3, 0.4) is 0 Å². The molecule has 0 unspecified atom stereocenters. The molecule has 2 heterocycles. The van der Waals surface area contributed by atoms with Gasteiger partial charge in [0, 0.05) is 5.56 Å². The van der Waals surface area contributed by atoms with Gasteiger partial charge in [0.05, 0.1) is 11.2 Å². The second-order valence-corrected chi connectivity index (χ2v) is 4.24. The van der Waals surface area contributed by atoms with Crippen molar-refractivity contribution in [3.8, 4) is 11.4 Å². The van der Waals surface area contributed by atoms with Crippen LogP contribution in [0.25, 0.3) is 22.6 Å². The lowest BCUT2D eigenvalue weighted by molar-refractivity contribution is 1.20. The highest BCUT2D eigenvalue weighted by Gasteiger charge is 2.09. The molecule has 3 aromatic rings. The van der Waals surface area contributed by atoms with Crippen LogP contribution in [0.15, 0.2) is 30.7 Å². The molecule has 0 saturated heterocycles. The molecule has 0 spiro atoms. The molecule has 0 atom stereocenters. The number of rotatable bonds is 1. The average molecular weight is 245 g/mol. The maximum atomic E-state index is 6.20. The van der Waals surface area contributed by atoms with Crippen molar-refractivity contribution in [2.75, 3.05) is 0 Å². The van der Waals surface area contributed by atoms with Gasteiger partial charge in [-0.05, 0) is 24.6 Å². The number of hydrogen-bond donors (Lipinski definition) is 1. The summed E-state index contributed by atoms with van der Waals surface area (Å²) in [5.74, 6) is 0.713. The second kappa shape index (κ2) is 3.82. The number of hydrogen-bond acceptors (Lipinski definition) is 3. The topological polar surface area (TPSA) is 54.5 Å². The first-order valence-electron chi connectivity index (χ1n) is 5.16. The summed E-state index contributed by atoms with van der Waals surface area (Å²) in [5.41, 5.74) is 3.44. The predicted octanol–water partition coefficient (Wildman–Crippen LogP) is 2.98. The second-order valence-electron chi connectivity index (χ2n) is 3.83. The zero-order chi connectivity index (χ0) is 11.8. The van der Waals surface area contributed by atoms with E-state index in [-0.39, 0.29) is 0 Å². The van der Waals surface area contributed by atoms with E-state index in [0.717, 1.165) is 16.6 Å². The van der Waals surface area contributed by atoms with Crippen LogP contribution >= 0.6 is 11.6 Å². The number of nitrogens with one attached hydrogen (secondary N) is 1. The molecule has 5 heteroatoms. The Kier molecular flexibility index (Phi) is 2.30. The summed E-state index contributed by atoms with van der Waals surface area (Å²) in [5, 5.41) is 0.678. The Hall–Kier alpha value is -1.94. The lowest BCUT2D eigenvalue weighted by Gasteiger charge is -2.01. The summed E-state index contributed by atoms with van der Waals surface area (Å²) in [6, 6.07) is 5.86. The number of H-pyrrole nitrogens is 1. The van der Waals surface area contributed by atoms with Crippen molar-refractivity contribution in [3.05, 3.63) is 41.3 Å². The maximum absolute atomic E-state index is 6.20. The van der Waals surface area contributed by atoms with Crippen molar-refractivity contribution in [2.45, 2.75) is 6.92 Å². The number of aromatic nitrogens is 4. The molecule has 0 bridgehead atoms. The van der Waals surface area contributed by atoms with E-state index >= 15 is 0 Å². The molecule has 1 N–H and O–H groups in total. The summed E-state index contributed by atoms with van der Waals surface area (Å²) in [4.78, 5) is 15.6. The van der Waals surface area contributed by atoms with E-state index in [0.29, 0.717) is 16.5 Å². The van der Waals surface area contributed by atoms with Crippen LogP contribution in [0.1, 0.15) is 5.56 Å². The van der Waals surface area contributed by atoms with Crippen molar-refractivity contribution in [1.29, 1.82) is 0 Å². The molecular formula is C12H9ClN4. The Morgan fingerprint density at radius 1 is 1.29 bits per heavy atom. The predicted molar refractivity (Wildman–Crippen MR) is 66.9 cm³/mol. The fraction of sp³-hybridized carbons (Fsp3) is 0.0833. The van der Waals surface area contributed by atoms with Crippen LogP contribution in [0.4, 0.5) is 0 Å². The van der Waals surface area contributed by atoms with Gasteiger partial charge in [-0.1, -0.05) is 17.7 Å². The van der Waals surface area contributed by atoms with E-state index in [1.54, 1.807) is 6.20 Å². The van der Waals surface area contributed by atoms with Crippen molar-refractivity contribution in [2.24, 2.45) is 0 Å². The first kappa shape index (κ1) is 10.2. The summed E-state index contributed by atoms with van der Waals surface area (Å²) >= 11 is 6.20. The van der Waals surface area contributed by atoms with Gasteiger partial charge in [0.1, 0.15) is 17.7 Å². The monoisotopic (exact) mass is 244 g/mol. The van der Waals surface area contributed by atoms with E-state index in [4.69, 9.17) is 11.6 Å². The van der Waals surface area contributed by atoms with Crippen LogP contribution in [-0.4, -0.2) is 19.9 Å². The number of aromatic amines is 1.